The van der Waals surface area contributed by atoms with Crippen LogP contribution in [-0.2, 0) is 4.79 Å². The molecule has 0 saturated heterocycles. The maximum atomic E-state index is 13.1. The summed E-state index contributed by atoms with van der Waals surface area (Å²) < 4.78 is 16.3. The lowest BCUT2D eigenvalue weighted by Gasteiger charge is -2.18. The Hall–Kier alpha value is -2.99. The van der Waals surface area contributed by atoms with Crippen molar-refractivity contribution in [1.82, 2.24) is 10.2 Å². The number of rotatable bonds is 11. The van der Waals surface area contributed by atoms with E-state index in [1.807, 2.05) is 42.5 Å². The maximum Gasteiger partial charge on any atom is 0.251 e. The Balaban J connectivity index is 2.41. The van der Waals surface area contributed by atoms with Crippen molar-refractivity contribution in [3.8, 4) is 17.2 Å². The van der Waals surface area contributed by atoms with Gasteiger partial charge in [-0.3, -0.25) is 4.79 Å². The van der Waals surface area contributed by atoms with Crippen molar-refractivity contribution in [3.05, 3.63) is 53.6 Å². The van der Waals surface area contributed by atoms with Gasteiger partial charge in [0.1, 0.15) is 5.75 Å². The van der Waals surface area contributed by atoms with E-state index in [4.69, 9.17) is 14.2 Å². The molecule has 0 aliphatic carbocycles. The first-order valence-corrected chi connectivity index (χ1v) is 10.2. The van der Waals surface area contributed by atoms with Gasteiger partial charge in [0.15, 0.2) is 11.5 Å². The van der Waals surface area contributed by atoms with Gasteiger partial charge in [-0.05, 0) is 30.8 Å². The predicted octanol–water partition coefficient (Wildman–Crippen LogP) is 3.71. The molecule has 0 heterocycles. The van der Waals surface area contributed by atoms with E-state index in [1.165, 1.54) is 0 Å². The zero-order chi connectivity index (χ0) is 21.9. The lowest BCUT2D eigenvalue weighted by atomic mass is 10.0. The molecule has 1 amide bonds. The number of ether oxygens (including phenoxy) is 3. The number of hydrogen-bond acceptors (Lipinski definition) is 5. The molecule has 1 N–H and O–H groups in total. The lowest BCUT2D eigenvalue weighted by Crippen LogP contribution is -2.35. The number of methoxy groups -OCH3 is 3. The van der Waals surface area contributed by atoms with Crippen LogP contribution in [0.5, 0.6) is 17.2 Å². The molecule has 0 radical (unpaired) electrons. The van der Waals surface area contributed by atoms with Gasteiger partial charge in [0.05, 0.1) is 21.3 Å². The number of nitrogens with one attached hydrogen (secondary N) is 1. The largest absolute Gasteiger partial charge is 0.496 e. The van der Waals surface area contributed by atoms with E-state index < -0.39 is 0 Å². The highest BCUT2D eigenvalue weighted by Gasteiger charge is 2.16. The maximum absolute atomic E-state index is 13.1. The Morgan fingerprint density at radius 3 is 2.10 bits per heavy atom. The van der Waals surface area contributed by atoms with E-state index >= 15 is 0 Å². The summed E-state index contributed by atoms with van der Waals surface area (Å²) in [6.45, 7) is 7.52. The third-order valence-corrected chi connectivity index (χ3v) is 4.97. The second kappa shape index (κ2) is 11.9. The van der Waals surface area contributed by atoms with Crippen molar-refractivity contribution in [2.24, 2.45) is 0 Å². The highest BCUT2D eigenvalue weighted by molar-refractivity contribution is 6.24. The molecule has 0 aromatic heterocycles. The van der Waals surface area contributed by atoms with Crippen molar-refractivity contribution in [2.45, 2.75) is 13.8 Å². The molecule has 30 heavy (non-hydrogen) atoms. The standard InChI is InChI=1S/C24H32N2O4/c1-6-26(7-2)14-13-25-24(27)20(18-11-9-8-10-12-18)15-19-16-22(29-4)23(30-5)17-21(19)28-3/h8-12,15-17H,6-7,13-14H2,1-5H3,(H,25,27). The Morgan fingerprint density at radius 2 is 1.53 bits per heavy atom. The van der Waals surface area contributed by atoms with E-state index in [9.17, 15) is 4.79 Å². The van der Waals surface area contributed by atoms with E-state index in [1.54, 1.807) is 27.4 Å². The van der Waals surface area contributed by atoms with E-state index in [-0.39, 0.29) is 5.91 Å². The van der Waals surface area contributed by atoms with E-state index in [0.717, 1.165) is 30.8 Å². The number of amides is 1. The van der Waals surface area contributed by atoms with Crippen LogP contribution in [0.2, 0.25) is 0 Å². The highest BCUT2D eigenvalue weighted by atomic mass is 16.5. The number of carbonyl (C=O) groups excluding carboxylic acids is 1. The van der Waals surface area contributed by atoms with Crippen LogP contribution in [0.1, 0.15) is 25.0 Å². The zero-order valence-electron chi connectivity index (χ0n) is 18.5. The van der Waals surface area contributed by atoms with E-state index in [0.29, 0.717) is 29.4 Å². The van der Waals surface area contributed by atoms with Gasteiger partial charge in [-0.1, -0.05) is 44.2 Å². The van der Waals surface area contributed by atoms with Crippen LogP contribution >= 0.6 is 0 Å². The Labute approximate surface area is 179 Å². The summed E-state index contributed by atoms with van der Waals surface area (Å²) >= 11 is 0. The molecular weight excluding hydrogens is 380 g/mol. The van der Waals surface area contributed by atoms with Crippen molar-refractivity contribution in [1.29, 1.82) is 0 Å². The zero-order valence-corrected chi connectivity index (χ0v) is 18.5. The molecule has 0 saturated carbocycles. The van der Waals surface area contributed by atoms with Crippen molar-refractivity contribution >= 4 is 17.6 Å². The Bertz CT molecular complexity index is 846. The van der Waals surface area contributed by atoms with Crippen LogP contribution in [0.15, 0.2) is 42.5 Å². The van der Waals surface area contributed by atoms with Crippen LogP contribution in [-0.4, -0.2) is 58.3 Å². The van der Waals surface area contributed by atoms with Gasteiger partial charge in [0.2, 0.25) is 0 Å². The van der Waals surface area contributed by atoms with Gasteiger partial charge in [0, 0.05) is 30.3 Å². The third kappa shape index (κ3) is 6.00. The molecular formula is C24H32N2O4. The van der Waals surface area contributed by atoms with Gasteiger partial charge in [0.25, 0.3) is 5.91 Å². The molecule has 0 spiro atoms. The highest BCUT2D eigenvalue weighted by Crippen LogP contribution is 2.36. The normalized spacial score (nSPS) is 11.3. The molecule has 2 aromatic rings. The molecule has 2 rings (SSSR count). The van der Waals surface area contributed by atoms with Gasteiger partial charge >= 0.3 is 0 Å². The summed E-state index contributed by atoms with van der Waals surface area (Å²) in [7, 11) is 4.74. The first-order valence-electron chi connectivity index (χ1n) is 10.2. The second-order valence-electron chi connectivity index (χ2n) is 6.66. The van der Waals surface area contributed by atoms with E-state index in [2.05, 4.69) is 24.1 Å². The van der Waals surface area contributed by atoms with Crippen LogP contribution in [0.4, 0.5) is 0 Å². The first kappa shape index (κ1) is 23.3. The molecule has 0 bridgehead atoms. The molecule has 6 nitrogen and oxygen atoms in total. The molecule has 162 valence electrons. The Morgan fingerprint density at radius 1 is 0.933 bits per heavy atom. The summed E-state index contributed by atoms with van der Waals surface area (Å²) in [4.78, 5) is 15.4. The number of likely N-dealkylation sites (N-methyl/N-ethyl adjacent to an activating group) is 1. The summed E-state index contributed by atoms with van der Waals surface area (Å²) in [5.41, 5.74) is 2.11. The van der Waals surface area contributed by atoms with Crippen molar-refractivity contribution < 1.29 is 19.0 Å². The fourth-order valence-corrected chi connectivity index (χ4v) is 3.18. The van der Waals surface area contributed by atoms with Crippen LogP contribution in [0.3, 0.4) is 0 Å². The van der Waals surface area contributed by atoms with Gasteiger partial charge in [-0.2, -0.15) is 0 Å². The minimum absolute atomic E-state index is 0.134. The number of nitrogens with zero attached hydrogens (tertiary/aromatic N) is 1. The average molecular weight is 413 g/mol. The SMILES string of the molecule is CCN(CC)CCNC(=O)C(=Cc1cc(OC)c(OC)cc1OC)c1ccccc1. The Kier molecular flexibility index (Phi) is 9.22. The molecule has 0 aliphatic heterocycles. The van der Waals surface area contributed by atoms with Crippen LogP contribution < -0.4 is 19.5 Å². The van der Waals surface area contributed by atoms with Crippen LogP contribution in [0, 0.1) is 0 Å². The second-order valence-corrected chi connectivity index (χ2v) is 6.66. The molecule has 0 atom stereocenters. The quantitative estimate of drug-likeness (QED) is 0.450. The summed E-state index contributed by atoms with van der Waals surface area (Å²) in [5.74, 6) is 1.59. The predicted molar refractivity (Wildman–Crippen MR) is 121 cm³/mol. The smallest absolute Gasteiger partial charge is 0.251 e. The number of benzene rings is 2. The third-order valence-electron chi connectivity index (χ3n) is 4.97. The number of hydrogen-bond donors (Lipinski definition) is 1. The summed E-state index contributed by atoms with van der Waals surface area (Å²) in [5, 5.41) is 3.04. The van der Waals surface area contributed by atoms with Gasteiger partial charge < -0.3 is 24.4 Å². The first-order chi connectivity index (χ1) is 14.6. The van der Waals surface area contributed by atoms with Crippen molar-refractivity contribution in [3.63, 3.8) is 0 Å². The van der Waals surface area contributed by atoms with Crippen molar-refractivity contribution in [2.75, 3.05) is 47.5 Å². The minimum atomic E-state index is -0.134. The summed E-state index contributed by atoms with van der Waals surface area (Å²) in [6.07, 6.45) is 1.82. The average Bonchev–Trinajstić information content (AvgIpc) is 2.80. The monoisotopic (exact) mass is 412 g/mol. The molecule has 0 aliphatic rings. The van der Waals surface area contributed by atoms with Gasteiger partial charge in [-0.25, -0.2) is 0 Å². The molecule has 0 unspecified atom stereocenters. The molecule has 2 aromatic carbocycles. The minimum Gasteiger partial charge on any atom is -0.496 e. The fraction of sp³-hybridized carbons (Fsp3) is 0.375. The number of carbonyl (C=O) groups is 1. The fourth-order valence-electron chi connectivity index (χ4n) is 3.18. The molecule has 0 fully saturated rings. The topological polar surface area (TPSA) is 60.0 Å². The summed E-state index contributed by atoms with van der Waals surface area (Å²) in [6, 6.07) is 13.2. The van der Waals surface area contributed by atoms with Gasteiger partial charge in [-0.15, -0.1) is 0 Å². The lowest BCUT2D eigenvalue weighted by molar-refractivity contribution is -0.115. The van der Waals surface area contributed by atoms with Crippen LogP contribution in [0.25, 0.3) is 11.6 Å². The molecule has 6 heteroatoms.